The zero-order valence-electron chi connectivity index (χ0n) is 17.5. The van der Waals surface area contributed by atoms with Crippen molar-refractivity contribution in [1.29, 1.82) is 0 Å². The van der Waals surface area contributed by atoms with Gasteiger partial charge in [-0.25, -0.2) is 4.98 Å². The Labute approximate surface area is 190 Å². The Morgan fingerprint density at radius 1 is 1.15 bits per heavy atom. The molecule has 10 heteroatoms. The lowest BCUT2D eigenvalue weighted by Gasteiger charge is -2.18. The van der Waals surface area contributed by atoms with Crippen molar-refractivity contribution < 1.29 is 22.7 Å². The van der Waals surface area contributed by atoms with Gasteiger partial charge in [-0.1, -0.05) is 24.3 Å². The van der Waals surface area contributed by atoms with Crippen LogP contribution in [0.4, 0.5) is 18.9 Å². The van der Waals surface area contributed by atoms with E-state index in [2.05, 4.69) is 10.3 Å². The first-order chi connectivity index (χ1) is 15.7. The van der Waals surface area contributed by atoms with Crippen molar-refractivity contribution in [3.63, 3.8) is 0 Å². The number of fused-ring (bicyclic) bond motifs is 1. The Bertz CT molecular complexity index is 1380. The zero-order valence-corrected chi connectivity index (χ0v) is 18.3. The van der Waals surface area contributed by atoms with Gasteiger partial charge in [-0.2, -0.15) is 13.2 Å². The molecule has 0 spiro atoms. The first-order valence-electron chi connectivity index (χ1n) is 9.80. The summed E-state index contributed by atoms with van der Waals surface area (Å²) in [6, 6.07) is 10.7. The fraction of sp³-hybridized carbons (Fsp3) is 0.174. The number of methoxy groups -OCH3 is 1. The molecule has 4 rings (SSSR count). The standard InChI is InChI=1S/C23H18F3N3O3S/c1-13(20(30)28-18-6-4-3-5-17(18)23(24,25)26)29-12-27-21-19(22(29)31)16(11-33-21)14-7-9-15(32-2)10-8-14/h3-13H,1-2H3,(H,28,30). The maximum Gasteiger partial charge on any atom is 0.418 e. The van der Waals surface area contributed by atoms with Crippen LogP contribution in [0.5, 0.6) is 5.75 Å². The second-order valence-electron chi connectivity index (χ2n) is 7.22. The summed E-state index contributed by atoms with van der Waals surface area (Å²) in [5, 5.41) is 4.42. The number of halogens is 3. The van der Waals surface area contributed by atoms with Crippen LogP contribution < -0.4 is 15.6 Å². The SMILES string of the molecule is COc1ccc(-c2csc3ncn(C(C)C(=O)Nc4ccccc4C(F)(F)F)c(=O)c23)cc1. The molecule has 1 N–H and O–H groups in total. The third-order valence-electron chi connectivity index (χ3n) is 5.21. The van der Waals surface area contributed by atoms with Crippen LogP contribution in [0.25, 0.3) is 21.3 Å². The summed E-state index contributed by atoms with van der Waals surface area (Å²) in [7, 11) is 1.55. The Balaban J connectivity index is 1.69. The van der Waals surface area contributed by atoms with Crippen LogP contribution in [0.2, 0.25) is 0 Å². The van der Waals surface area contributed by atoms with Crippen LogP contribution in [0.3, 0.4) is 0 Å². The molecular formula is C23H18F3N3O3S. The maximum atomic E-state index is 13.3. The van der Waals surface area contributed by atoms with Gasteiger partial charge in [-0.15, -0.1) is 11.3 Å². The van der Waals surface area contributed by atoms with E-state index in [0.717, 1.165) is 16.2 Å². The Hall–Kier alpha value is -3.66. The molecule has 1 unspecified atom stereocenters. The van der Waals surface area contributed by atoms with Crippen LogP contribution in [0.1, 0.15) is 18.5 Å². The largest absolute Gasteiger partial charge is 0.497 e. The predicted octanol–water partition coefficient (Wildman–Crippen LogP) is 5.35. The van der Waals surface area contributed by atoms with Gasteiger partial charge in [0.15, 0.2) is 0 Å². The van der Waals surface area contributed by atoms with E-state index in [9.17, 15) is 22.8 Å². The molecule has 1 atom stereocenters. The molecule has 0 fully saturated rings. The quantitative estimate of drug-likeness (QED) is 0.424. The van der Waals surface area contributed by atoms with Gasteiger partial charge in [0.25, 0.3) is 5.56 Å². The summed E-state index contributed by atoms with van der Waals surface area (Å²) >= 11 is 1.29. The Morgan fingerprint density at radius 3 is 2.52 bits per heavy atom. The Morgan fingerprint density at radius 2 is 1.85 bits per heavy atom. The van der Waals surface area contributed by atoms with Crippen molar-refractivity contribution in [1.82, 2.24) is 9.55 Å². The normalized spacial score (nSPS) is 12.5. The van der Waals surface area contributed by atoms with E-state index in [-0.39, 0.29) is 5.69 Å². The molecule has 0 bridgehead atoms. The number of carbonyl (C=O) groups is 1. The van der Waals surface area contributed by atoms with Crippen LogP contribution in [-0.4, -0.2) is 22.6 Å². The van der Waals surface area contributed by atoms with Crippen LogP contribution >= 0.6 is 11.3 Å². The molecule has 0 aliphatic heterocycles. The number of para-hydroxylation sites is 1. The highest BCUT2D eigenvalue weighted by molar-refractivity contribution is 7.17. The zero-order chi connectivity index (χ0) is 23.8. The lowest BCUT2D eigenvalue weighted by Crippen LogP contribution is -2.32. The second-order valence-corrected chi connectivity index (χ2v) is 8.08. The molecule has 170 valence electrons. The molecule has 33 heavy (non-hydrogen) atoms. The minimum absolute atomic E-state index is 0.336. The minimum atomic E-state index is -4.63. The van der Waals surface area contributed by atoms with E-state index < -0.39 is 29.2 Å². The number of aromatic nitrogens is 2. The highest BCUT2D eigenvalue weighted by Gasteiger charge is 2.34. The van der Waals surface area contributed by atoms with E-state index in [4.69, 9.17) is 4.74 Å². The van der Waals surface area contributed by atoms with Crippen LogP contribution in [-0.2, 0) is 11.0 Å². The summed E-state index contributed by atoms with van der Waals surface area (Å²) in [5.41, 5.74) is -0.377. The summed E-state index contributed by atoms with van der Waals surface area (Å²) in [4.78, 5) is 30.8. The number of hydrogen-bond acceptors (Lipinski definition) is 5. The van der Waals surface area contributed by atoms with Gasteiger partial charge >= 0.3 is 6.18 Å². The summed E-state index contributed by atoms with van der Waals surface area (Å²) < 4.78 is 46.0. The second kappa shape index (κ2) is 8.70. The van der Waals surface area contributed by atoms with E-state index in [1.165, 1.54) is 42.8 Å². The monoisotopic (exact) mass is 473 g/mol. The fourth-order valence-corrected chi connectivity index (χ4v) is 4.31. The number of alkyl halides is 3. The first-order valence-corrected chi connectivity index (χ1v) is 10.7. The van der Waals surface area contributed by atoms with Crippen molar-refractivity contribution in [2.75, 3.05) is 12.4 Å². The van der Waals surface area contributed by atoms with Gasteiger partial charge in [0, 0.05) is 10.9 Å². The van der Waals surface area contributed by atoms with Crippen molar-refractivity contribution in [2.45, 2.75) is 19.1 Å². The third-order valence-corrected chi connectivity index (χ3v) is 6.09. The molecule has 4 aromatic rings. The number of thiophene rings is 1. The number of anilines is 1. The fourth-order valence-electron chi connectivity index (χ4n) is 3.41. The highest BCUT2D eigenvalue weighted by atomic mass is 32.1. The molecule has 0 aliphatic rings. The van der Waals surface area contributed by atoms with Gasteiger partial charge in [0.2, 0.25) is 5.91 Å². The molecule has 2 aromatic carbocycles. The average molecular weight is 473 g/mol. The minimum Gasteiger partial charge on any atom is -0.497 e. The smallest absolute Gasteiger partial charge is 0.418 e. The average Bonchev–Trinajstić information content (AvgIpc) is 3.23. The summed E-state index contributed by atoms with van der Waals surface area (Å²) in [6.45, 7) is 1.43. The van der Waals surface area contributed by atoms with E-state index in [1.807, 2.05) is 0 Å². The molecule has 6 nitrogen and oxygen atoms in total. The number of nitrogens with one attached hydrogen (secondary N) is 1. The van der Waals surface area contributed by atoms with Crippen molar-refractivity contribution in [3.05, 3.63) is 76.2 Å². The summed E-state index contributed by atoms with van der Waals surface area (Å²) in [6.07, 6.45) is -3.40. The molecular weight excluding hydrogens is 455 g/mol. The number of benzene rings is 2. The van der Waals surface area contributed by atoms with Crippen molar-refractivity contribution >= 4 is 33.1 Å². The first kappa shape index (κ1) is 22.5. The molecule has 1 amide bonds. The number of rotatable bonds is 5. The van der Waals surface area contributed by atoms with E-state index in [1.54, 1.807) is 36.8 Å². The molecule has 0 radical (unpaired) electrons. The number of hydrogen-bond donors (Lipinski definition) is 1. The number of amides is 1. The molecule has 0 aliphatic carbocycles. The summed E-state index contributed by atoms with van der Waals surface area (Å²) in [5.74, 6) is -0.102. The van der Waals surface area contributed by atoms with Gasteiger partial charge in [0.1, 0.15) is 16.6 Å². The van der Waals surface area contributed by atoms with Crippen molar-refractivity contribution in [2.24, 2.45) is 0 Å². The lowest BCUT2D eigenvalue weighted by molar-refractivity contribution is -0.137. The molecule has 0 saturated heterocycles. The van der Waals surface area contributed by atoms with Gasteiger partial charge in [0.05, 0.1) is 30.1 Å². The van der Waals surface area contributed by atoms with E-state index >= 15 is 0 Å². The Kier molecular flexibility index (Phi) is 5.94. The lowest BCUT2D eigenvalue weighted by atomic mass is 10.1. The third kappa shape index (κ3) is 4.34. The molecule has 0 saturated carbocycles. The van der Waals surface area contributed by atoms with E-state index in [0.29, 0.717) is 21.5 Å². The maximum absolute atomic E-state index is 13.3. The van der Waals surface area contributed by atoms with Gasteiger partial charge in [-0.05, 0) is 36.8 Å². The van der Waals surface area contributed by atoms with Gasteiger partial charge in [-0.3, -0.25) is 14.2 Å². The van der Waals surface area contributed by atoms with Crippen LogP contribution in [0.15, 0.2) is 65.0 Å². The molecule has 2 heterocycles. The molecule has 2 aromatic heterocycles. The number of ether oxygens (including phenoxy) is 1. The van der Waals surface area contributed by atoms with Crippen molar-refractivity contribution in [3.8, 4) is 16.9 Å². The number of nitrogens with zero attached hydrogens (tertiary/aromatic N) is 2. The highest BCUT2D eigenvalue weighted by Crippen LogP contribution is 2.35. The predicted molar refractivity (Wildman–Crippen MR) is 121 cm³/mol. The topological polar surface area (TPSA) is 73.2 Å². The van der Waals surface area contributed by atoms with Gasteiger partial charge < -0.3 is 10.1 Å². The number of carbonyl (C=O) groups excluding carboxylic acids is 1. The van der Waals surface area contributed by atoms with Crippen LogP contribution in [0, 0.1) is 0 Å².